The van der Waals surface area contributed by atoms with E-state index in [0.29, 0.717) is 5.02 Å². The Morgan fingerprint density at radius 1 is 1.37 bits per heavy atom. The minimum Gasteiger partial charge on any atom is -0.338 e. The summed E-state index contributed by atoms with van der Waals surface area (Å²) in [4.78, 5) is 14.0. The molecule has 1 aromatic rings. The van der Waals surface area contributed by atoms with E-state index >= 15 is 0 Å². The summed E-state index contributed by atoms with van der Waals surface area (Å²) in [5, 5.41) is 0.672. The molecule has 0 fully saturated rings. The molecule has 2 N–H and O–H groups in total. The van der Waals surface area contributed by atoms with E-state index in [9.17, 15) is 4.79 Å². The smallest absolute Gasteiger partial charge is 0.240 e. The maximum atomic E-state index is 12.4. The van der Waals surface area contributed by atoms with Crippen LogP contribution in [0.5, 0.6) is 0 Å². The average Bonchev–Trinajstić information content (AvgIpc) is 2.34. The van der Waals surface area contributed by atoms with E-state index in [2.05, 4.69) is 0 Å². The van der Waals surface area contributed by atoms with Crippen LogP contribution in [0.4, 0.5) is 0 Å². The van der Waals surface area contributed by atoms with Crippen LogP contribution in [0, 0.1) is 5.41 Å². The van der Waals surface area contributed by atoms with Crippen LogP contribution in [-0.2, 0) is 4.79 Å². The van der Waals surface area contributed by atoms with Crippen LogP contribution in [0.25, 0.3) is 0 Å². The van der Waals surface area contributed by atoms with Crippen molar-refractivity contribution in [3.8, 4) is 0 Å². The van der Waals surface area contributed by atoms with E-state index in [1.807, 2.05) is 52.0 Å². The van der Waals surface area contributed by atoms with Crippen LogP contribution in [0.3, 0.4) is 0 Å². The minimum atomic E-state index is -0.515. The molecule has 2 unspecified atom stereocenters. The summed E-state index contributed by atoms with van der Waals surface area (Å²) in [5.74, 6) is -0.0556. The van der Waals surface area contributed by atoms with Crippen molar-refractivity contribution < 1.29 is 4.79 Å². The predicted molar refractivity (Wildman–Crippen MR) is 80.1 cm³/mol. The van der Waals surface area contributed by atoms with Crippen LogP contribution < -0.4 is 5.73 Å². The molecule has 0 aliphatic carbocycles. The fraction of sp³-hybridized carbons (Fsp3) is 0.533. The zero-order valence-corrected chi connectivity index (χ0v) is 13.0. The topological polar surface area (TPSA) is 46.3 Å². The van der Waals surface area contributed by atoms with Crippen molar-refractivity contribution in [3.05, 3.63) is 34.9 Å². The van der Waals surface area contributed by atoms with Crippen molar-refractivity contribution in [1.29, 1.82) is 0 Å². The molecular weight excluding hydrogens is 260 g/mol. The highest BCUT2D eigenvalue weighted by atomic mass is 35.5. The molecule has 19 heavy (non-hydrogen) atoms. The van der Waals surface area contributed by atoms with Crippen molar-refractivity contribution in [2.45, 2.75) is 39.8 Å². The molecule has 0 saturated heterocycles. The lowest BCUT2D eigenvalue weighted by Gasteiger charge is -2.33. The van der Waals surface area contributed by atoms with Gasteiger partial charge >= 0.3 is 0 Å². The van der Waals surface area contributed by atoms with Crippen LogP contribution in [0.2, 0.25) is 5.02 Å². The van der Waals surface area contributed by atoms with Gasteiger partial charge in [0.05, 0.1) is 12.1 Å². The molecule has 106 valence electrons. The first-order valence-corrected chi connectivity index (χ1v) is 6.80. The second-order valence-corrected chi connectivity index (χ2v) is 6.46. The lowest BCUT2D eigenvalue weighted by atomic mass is 9.86. The highest BCUT2D eigenvalue weighted by molar-refractivity contribution is 6.30. The average molecular weight is 283 g/mol. The van der Waals surface area contributed by atoms with Crippen molar-refractivity contribution in [2.75, 3.05) is 7.05 Å². The summed E-state index contributed by atoms with van der Waals surface area (Å²) in [6.45, 7) is 7.87. The number of rotatable bonds is 3. The fourth-order valence-electron chi connectivity index (χ4n) is 1.77. The Kier molecular flexibility index (Phi) is 4.99. The number of nitrogens with zero attached hydrogens (tertiary/aromatic N) is 1. The summed E-state index contributed by atoms with van der Waals surface area (Å²) in [5.41, 5.74) is 6.78. The lowest BCUT2D eigenvalue weighted by Crippen LogP contribution is -2.49. The van der Waals surface area contributed by atoms with E-state index in [0.717, 1.165) is 5.56 Å². The van der Waals surface area contributed by atoms with Crippen LogP contribution in [0.1, 0.15) is 39.3 Å². The molecule has 0 aliphatic rings. The van der Waals surface area contributed by atoms with Gasteiger partial charge in [0.25, 0.3) is 0 Å². The van der Waals surface area contributed by atoms with Gasteiger partial charge < -0.3 is 10.6 Å². The second-order valence-electron chi connectivity index (χ2n) is 6.02. The van der Waals surface area contributed by atoms with Crippen LogP contribution >= 0.6 is 11.6 Å². The number of hydrogen-bond acceptors (Lipinski definition) is 2. The van der Waals surface area contributed by atoms with Gasteiger partial charge in [-0.3, -0.25) is 4.79 Å². The number of nitrogens with two attached hydrogens (primary N) is 1. The molecule has 1 rings (SSSR count). The summed E-state index contributed by atoms with van der Waals surface area (Å²) in [6, 6.07) is 6.97. The van der Waals surface area contributed by atoms with E-state index in [1.165, 1.54) is 0 Å². The first-order chi connectivity index (χ1) is 8.64. The molecule has 0 heterocycles. The Labute approximate surface area is 120 Å². The highest BCUT2D eigenvalue weighted by Gasteiger charge is 2.31. The normalized spacial score (nSPS) is 14.9. The first kappa shape index (κ1) is 16.0. The van der Waals surface area contributed by atoms with E-state index in [1.54, 1.807) is 11.9 Å². The molecular formula is C15H23ClN2O. The molecule has 0 aliphatic heterocycles. The second kappa shape index (κ2) is 5.93. The summed E-state index contributed by atoms with van der Waals surface area (Å²) < 4.78 is 0. The molecule has 3 nitrogen and oxygen atoms in total. The standard InChI is InChI=1S/C15H23ClN2O/c1-10(11-7-6-8-12(16)9-11)18(5)14(19)13(17)15(2,3)4/h6-10,13H,17H2,1-5H3. The molecule has 0 aromatic heterocycles. The highest BCUT2D eigenvalue weighted by Crippen LogP contribution is 2.25. The Balaban J connectivity index is 2.88. The third kappa shape index (κ3) is 3.95. The van der Waals surface area contributed by atoms with Crippen molar-refractivity contribution in [2.24, 2.45) is 11.1 Å². The first-order valence-electron chi connectivity index (χ1n) is 6.42. The van der Waals surface area contributed by atoms with E-state index < -0.39 is 6.04 Å². The van der Waals surface area contributed by atoms with Gasteiger partial charge in [-0.05, 0) is 30.0 Å². The lowest BCUT2D eigenvalue weighted by molar-refractivity contribution is -0.135. The molecule has 0 spiro atoms. The third-order valence-corrected chi connectivity index (χ3v) is 3.69. The maximum Gasteiger partial charge on any atom is 0.240 e. The number of benzene rings is 1. The predicted octanol–water partition coefficient (Wildman–Crippen LogP) is 3.23. The molecule has 0 radical (unpaired) electrons. The van der Waals surface area contributed by atoms with Gasteiger partial charge in [0.15, 0.2) is 0 Å². The van der Waals surface area contributed by atoms with E-state index in [4.69, 9.17) is 17.3 Å². The molecule has 1 amide bonds. The largest absolute Gasteiger partial charge is 0.338 e. The van der Waals surface area contributed by atoms with Gasteiger partial charge in [-0.15, -0.1) is 0 Å². The zero-order valence-electron chi connectivity index (χ0n) is 12.3. The number of halogens is 1. The Morgan fingerprint density at radius 3 is 2.42 bits per heavy atom. The fourth-order valence-corrected chi connectivity index (χ4v) is 1.97. The van der Waals surface area contributed by atoms with Gasteiger partial charge in [-0.2, -0.15) is 0 Å². The maximum absolute atomic E-state index is 12.4. The monoisotopic (exact) mass is 282 g/mol. The Hall–Kier alpha value is -1.06. The van der Waals surface area contributed by atoms with Crippen molar-refractivity contribution >= 4 is 17.5 Å². The van der Waals surface area contributed by atoms with Gasteiger partial charge in [-0.25, -0.2) is 0 Å². The molecule has 4 heteroatoms. The number of hydrogen-bond donors (Lipinski definition) is 1. The quantitative estimate of drug-likeness (QED) is 0.925. The number of amides is 1. The van der Waals surface area contributed by atoms with Crippen LogP contribution in [-0.4, -0.2) is 23.9 Å². The number of carbonyl (C=O) groups excluding carboxylic acids is 1. The summed E-state index contributed by atoms with van der Waals surface area (Å²) >= 11 is 5.98. The molecule has 1 aromatic carbocycles. The number of likely N-dealkylation sites (N-methyl/N-ethyl adjacent to an activating group) is 1. The van der Waals surface area contributed by atoms with Gasteiger partial charge in [-0.1, -0.05) is 44.5 Å². The Morgan fingerprint density at radius 2 is 1.95 bits per heavy atom. The van der Waals surface area contributed by atoms with Gasteiger partial charge in [0, 0.05) is 12.1 Å². The SMILES string of the molecule is CC(c1cccc(Cl)c1)N(C)C(=O)C(N)C(C)(C)C. The van der Waals surface area contributed by atoms with Crippen molar-refractivity contribution in [1.82, 2.24) is 4.90 Å². The Bertz CT molecular complexity index is 454. The van der Waals surface area contributed by atoms with Crippen molar-refractivity contribution in [3.63, 3.8) is 0 Å². The number of carbonyl (C=O) groups is 1. The summed E-state index contributed by atoms with van der Waals surface area (Å²) in [6.07, 6.45) is 0. The van der Waals surface area contributed by atoms with E-state index in [-0.39, 0.29) is 17.4 Å². The molecule has 0 saturated carbocycles. The van der Waals surface area contributed by atoms with Gasteiger partial charge in [0.2, 0.25) is 5.91 Å². The zero-order chi connectivity index (χ0) is 14.8. The minimum absolute atomic E-state index is 0.0556. The summed E-state index contributed by atoms with van der Waals surface area (Å²) in [7, 11) is 1.78. The van der Waals surface area contributed by atoms with Crippen LogP contribution in [0.15, 0.2) is 24.3 Å². The third-order valence-electron chi connectivity index (χ3n) is 3.46. The molecule has 0 bridgehead atoms. The molecule has 2 atom stereocenters. The van der Waals surface area contributed by atoms with Gasteiger partial charge in [0.1, 0.15) is 0 Å².